The van der Waals surface area contributed by atoms with E-state index in [9.17, 15) is 18.8 Å². The van der Waals surface area contributed by atoms with Crippen molar-refractivity contribution in [2.24, 2.45) is 0 Å². The van der Waals surface area contributed by atoms with Gasteiger partial charge >= 0.3 is 0 Å². The van der Waals surface area contributed by atoms with Crippen molar-refractivity contribution in [1.82, 2.24) is 10.2 Å². The molecule has 158 valence electrons. The first-order valence-electron chi connectivity index (χ1n) is 9.47. The Morgan fingerprint density at radius 3 is 2.47 bits per heavy atom. The van der Waals surface area contributed by atoms with Crippen LogP contribution in [0.25, 0.3) is 0 Å². The number of hydrogen-bond acceptors (Lipinski definition) is 4. The van der Waals surface area contributed by atoms with Crippen LogP contribution in [-0.4, -0.2) is 55.3 Å². The largest absolute Gasteiger partial charge is 0.368 e. The number of benzene rings is 2. The van der Waals surface area contributed by atoms with Gasteiger partial charge in [-0.25, -0.2) is 4.39 Å². The lowest BCUT2D eigenvalue weighted by molar-refractivity contribution is -0.130. The number of amides is 3. The summed E-state index contributed by atoms with van der Waals surface area (Å²) in [6.45, 7) is 3.48. The summed E-state index contributed by atoms with van der Waals surface area (Å²) >= 11 is 6.03. The van der Waals surface area contributed by atoms with Crippen LogP contribution < -0.4 is 15.5 Å². The molecule has 30 heavy (non-hydrogen) atoms. The van der Waals surface area contributed by atoms with E-state index in [0.717, 1.165) is 11.8 Å². The highest BCUT2D eigenvalue weighted by Gasteiger charge is 2.22. The number of rotatable bonds is 5. The fourth-order valence-corrected chi connectivity index (χ4v) is 3.39. The van der Waals surface area contributed by atoms with Crippen molar-refractivity contribution >= 4 is 40.7 Å². The van der Waals surface area contributed by atoms with Gasteiger partial charge < -0.3 is 20.4 Å². The van der Waals surface area contributed by atoms with Crippen molar-refractivity contribution in [2.75, 3.05) is 42.9 Å². The van der Waals surface area contributed by atoms with Crippen LogP contribution in [0.2, 0.25) is 5.02 Å². The van der Waals surface area contributed by atoms with Crippen LogP contribution in [0.4, 0.5) is 15.8 Å². The lowest BCUT2D eigenvalue weighted by Crippen LogP contribution is -2.51. The summed E-state index contributed by atoms with van der Waals surface area (Å²) in [6, 6.07) is 11.2. The molecule has 0 bridgehead atoms. The molecule has 1 saturated heterocycles. The highest BCUT2D eigenvalue weighted by Crippen LogP contribution is 2.21. The van der Waals surface area contributed by atoms with E-state index in [4.69, 9.17) is 11.6 Å². The quantitative estimate of drug-likeness (QED) is 0.760. The highest BCUT2D eigenvalue weighted by atomic mass is 35.5. The maximum atomic E-state index is 13.7. The zero-order chi connectivity index (χ0) is 21.7. The molecule has 0 aromatic heterocycles. The normalized spacial score (nSPS) is 13.7. The number of piperazine rings is 1. The fourth-order valence-electron chi connectivity index (χ4n) is 3.21. The molecule has 7 nitrogen and oxygen atoms in total. The van der Waals surface area contributed by atoms with Crippen molar-refractivity contribution < 1.29 is 18.8 Å². The number of hydrogen-bond donors (Lipinski definition) is 2. The van der Waals surface area contributed by atoms with E-state index in [0.29, 0.717) is 31.2 Å². The molecule has 2 aromatic carbocycles. The van der Waals surface area contributed by atoms with Gasteiger partial charge in [0.05, 0.1) is 12.2 Å². The van der Waals surface area contributed by atoms with Gasteiger partial charge in [-0.2, -0.15) is 0 Å². The Kier molecular flexibility index (Phi) is 6.89. The van der Waals surface area contributed by atoms with Gasteiger partial charge in [-0.3, -0.25) is 14.4 Å². The third kappa shape index (κ3) is 5.48. The Bertz CT molecular complexity index is 961. The van der Waals surface area contributed by atoms with E-state index < -0.39 is 17.6 Å². The average molecular weight is 433 g/mol. The third-order valence-electron chi connectivity index (χ3n) is 4.75. The number of nitrogens with one attached hydrogen (secondary N) is 2. The summed E-state index contributed by atoms with van der Waals surface area (Å²) in [7, 11) is 0. The number of carbonyl (C=O) groups is 3. The Labute approximate surface area is 178 Å². The van der Waals surface area contributed by atoms with Crippen LogP contribution in [0.3, 0.4) is 0 Å². The molecule has 0 spiro atoms. The monoisotopic (exact) mass is 432 g/mol. The second-order valence-electron chi connectivity index (χ2n) is 6.91. The van der Waals surface area contributed by atoms with Gasteiger partial charge in [0.25, 0.3) is 5.91 Å². The van der Waals surface area contributed by atoms with Crippen molar-refractivity contribution in [3.8, 4) is 0 Å². The molecule has 3 rings (SSSR count). The number of halogens is 2. The molecule has 0 saturated carbocycles. The lowest BCUT2D eigenvalue weighted by atomic mass is 10.1. The molecule has 1 aliphatic heterocycles. The molecule has 1 aliphatic rings. The molecular weight excluding hydrogens is 411 g/mol. The molecule has 9 heteroatoms. The third-order valence-corrected chi connectivity index (χ3v) is 4.98. The van der Waals surface area contributed by atoms with Crippen LogP contribution >= 0.6 is 11.6 Å². The standard InChI is InChI=1S/C21H22ClFN4O3/c1-14(28)25-19-11-15(5-6-18(19)23)21(30)24-13-20(29)27-9-7-26(8-10-27)17-4-2-3-16(22)12-17/h2-6,11-12H,7-10,13H2,1H3,(H,24,30)(H,25,28). The van der Waals surface area contributed by atoms with E-state index in [-0.39, 0.29) is 23.7 Å². The van der Waals surface area contributed by atoms with E-state index in [2.05, 4.69) is 15.5 Å². The van der Waals surface area contributed by atoms with Gasteiger partial charge in [0, 0.05) is 49.4 Å². The minimum atomic E-state index is -0.643. The molecule has 0 unspecified atom stereocenters. The summed E-state index contributed by atoms with van der Waals surface area (Å²) < 4.78 is 13.7. The number of carbonyl (C=O) groups excluding carboxylic acids is 3. The zero-order valence-corrected chi connectivity index (χ0v) is 17.2. The predicted octanol–water partition coefficient (Wildman–Crippen LogP) is 2.52. The van der Waals surface area contributed by atoms with Gasteiger partial charge in [-0.1, -0.05) is 17.7 Å². The fraction of sp³-hybridized carbons (Fsp3) is 0.286. The minimum Gasteiger partial charge on any atom is -0.368 e. The van der Waals surface area contributed by atoms with Crippen LogP contribution in [-0.2, 0) is 9.59 Å². The Hall–Kier alpha value is -3.13. The van der Waals surface area contributed by atoms with Crippen molar-refractivity contribution in [3.05, 3.63) is 58.9 Å². The van der Waals surface area contributed by atoms with Gasteiger partial charge in [-0.15, -0.1) is 0 Å². The van der Waals surface area contributed by atoms with Crippen molar-refractivity contribution in [3.63, 3.8) is 0 Å². The molecule has 0 atom stereocenters. The van der Waals surface area contributed by atoms with E-state index in [1.807, 2.05) is 24.3 Å². The summed E-state index contributed by atoms with van der Waals surface area (Å²) in [4.78, 5) is 39.7. The summed E-state index contributed by atoms with van der Waals surface area (Å²) in [6.07, 6.45) is 0. The lowest BCUT2D eigenvalue weighted by Gasteiger charge is -2.36. The highest BCUT2D eigenvalue weighted by molar-refractivity contribution is 6.30. The summed E-state index contributed by atoms with van der Waals surface area (Å²) in [5.41, 5.74) is 1.08. The van der Waals surface area contributed by atoms with Crippen LogP contribution in [0.15, 0.2) is 42.5 Å². The molecule has 0 radical (unpaired) electrons. The van der Waals surface area contributed by atoms with Gasteiger partial charge in [0.2, 0.25) is 11.8 Å². The molecule has 3 amide bonds. The second-order valence-corrected chi connectivity index (χ2v) is 7.34. The molecule has 1 heterocycles. The van der Waals surface area contributed by atoms with Gasteiger partial charge in [0.1, 0.15) is 5.82 Å². The summed E-state index contributed by atoms with van der Waals surface area (Å²) in [5.74, 6) is -1.81. The SMILES string of the molecule is CC(=O)Nc1cc(C(=O)NCC(=O)N2CCN(c3cccc(Cl)c3)CC2)ccc1F. The van der Waals surface area contributed by atoms with E-state index >= 15 is 0 Å². The average Bonchev–Trinajstić information content (AvgIpc) is 2.73. The molecule has 0 aliphatic carbocycles. The Morgan fingerprint density at radius 2 is 1.80 bits per heavy atom. The summed E-state index contributed by atoms with van der Waals surface area (Å²) in [5, 5.41) is 5.54. The zero-order valence-electron chi connectivity index (χ0n) is 16.5. The topological polar surface area (TPSA) is 81.8 Å². The smallest absolute Gasteiger partial charge is 0.251 e. The molecule has 2 aromatic rings. The van der Waals surface area contributed by atoms with Crippen molar-refractivity contribution in [1.29, 1.82) is 0 Å². The minimum absolute atomic E-state index is 0.0846. The van der Waals surface area contributed by atoms with Gasteiger partial charge in [0.15, 0.2) is 0 Å². The van der Waals surface area contributed by atoms with Crippen LogP contribution in [0.5, 0.6) is 0 Å². The second kappa shape index (κ2) is 9.58. The van der Waals surface area contributed by atoms with Crippen molar-refractivity contribution in [2.45, 2.75) is 6.92 Å². The van der Waals surface area contributed by atoms with E-state index in [1.54, 1.807) is 4.90 Å². The Balaban J connectivity index is 1.51. The maximum Gasteiger partial charge on any atom is 0.251 e. The predicted molar refractivity (Wildman–Crippen MR) is 113 cm³/mol. The first-order chi connectivity index (χ1) is 14.3. The first kappa shape index (κ1) is 21.6. The number of nitrogens with zero attached hydrogens (tertiary/aromatic N) is 2. The first-order valence-corrected chi connectivity index (χ1v) is 9.85. The van der Waals surface area contributed by atoms with Gasteiger partial charge in [-0.05, 0) is 36.4 Å². The Morgan fingerprint density at radius 1 is 1.07 bits per heavy atom. The maximum absolute atomic E-state index is 13.7. The molecular formula is C21H22ClFN4O3. The number of anilines is 2. The van der Waals surface area contributed by atoms with Crippen LogP contribution in [0, 0.1) is 5.82 Å². The molecule has 2 N–H and O–H groups in total. The van der Waals surface area contributed by atoms with Crippen LogP contribution in [0.1, 0.15) is 17.3 Å². The molecule has 1 fully saturated rings. The van der Waals surface area contributed by atoms with E-state index in [1.165, 1.54) is 19.1 Å².